The van der Waals surface area contributed by atoms with Crippen LogP contribution in [0.25, 0.3) is 28.0 Å². The highest BCUT2D eigenvalue weighted by atomic mass is 35.5. The van der Waals surface area contributed by atoms with E-state index in [0.717, 1.165) is 27.5 Å². The van der Waals surface area contributed by atoms with Gasteiger partial charge in [0.1, 0.15) is 5.60 Å². The third kappa shape index (κ3) is 8.51. The number of nitrogens with one attached hydrogen (secondary N) is 1. The SMILES string of the molecule is CC(C)(C)OC(=O)Nc1ccc(-c2ccc(C(=O)N3CCN(S(=O)(=O)CC=Cc4ccc5cc(Cl)ccc5c4)CC3)cc2)cc1. The molecular formula is C35H36ClN3O5S. The van der Waals surface area contributed by atoms with E-state index in [9.17, 15) is 18.0 Å². The molecule has 1 aliphatic heterocycles. The number of amides is 2. The first-order valence-electron chi connectivity index (χ1n) is 14.7. The monoisotopic (exact) mass is 645 g/mol. The average molecular weight is 646 g/mol. The summed E-state index contributed by atoms with van der Waals surface area (Å²) in [5.74, 6) is -0.243. The van der Waals surface area contributed by atoms with Crippen LogP contribution in [0.15, 0.2) is 91.0 Å². The number of nitrogens with zero attached hydrogens (tertiary/aromatic N) is 2. The molecule has 0 radical (unpaired) electrons. The quantitative estimate of drug-likeness (QED) is 0.227. The molecule has 5 rings (SSSR count). The molecule has 0 aromatic heterocycles. The number of hydrogen-bond acceptors (Lipinski definition) is 5. The lowest BCUT2D eigenvalue weighted by atomic mass is 10.0. The number of benzene rings is 4. The summed E-state index contributed by atoms with van der Waals surface area (Å²) in [6.45, 7) is 6.56. The van der Waals surface area contributed by atoms with Crippen LogP contribution in [0, 0.1) is 0 Å². The van der Waals surface area contributed by atoms with Crippen molar-refractivity contribution in [2.45, 2.75) is 26.4 Å². The molecule has 1 heterocycles. The Morgan fingerprint density at radius 1 is 0.844 bits per heavy atom. The number of halogens is 1. The number of carbonyl (C=O) groups excluding carboxylic acids is 2. The van der Waals surface area contributed by atoms with E-state index in [1.807, 2.05) is 66.7 Å². The van der Waals surface area contributed by atoms with Gasteiger partial charge in [0.25, 0.3) is 5.91 Å². The Kier molecular flexibility index (Phi) is 9.62. The molecule has 4 aromatic carbocycles. The highest BCUT2D eigenvalue weighted by molar-refractivity contribution is 7.89. The third-order valence-corrected chi connectivity index (χ3v) is 9.36. The van der Waals surface area contributed by atoms with Crippen molar-refractivity contribution in [2.75, 3.05) is 37.2 Å². The lowest BCUT2D eigenvalue weighted by Gasteiger charge is -2.34. The Morgan fingerprint density at radius 3 is 2.09 bits per heavy atom. The van der Waals surface area contributed by atoms with Gasteiger partial charge in [0.15, 0.2) is 0 Å². The van der Waals surface area contributed by atoms with Crippen molar-refractivity contribution in [3.8, 4) is 11.1 Å². The maximum Gasteiger partial charge on any atom is 0.412 e. The Hall–Kier alpha value is -4.18. The lowest BCUT2D eigenvalue weighted by molar-refractivity contribution is 0.0635. The lowest BCUT2D eigenvalue weighted by Crippen LogP contribution is -2.50. The van der Waals surface area contributed by atoms with Crippen LogP contribution in [0.4, 0.5) is 10.5 Å². The summed E-state index contributed by atoms with van der Waals surface area (Å²) in [7, 11) is -3.51. The molecule has 1 saturated heterocycles. The maximum absolute atomic E-state index is 13.2. The largest absolute Gasteiger partial charge is 0.444 e. The summed E-state index contributed by atoms with van der Waals surface area (Å²) < 4.78 is 32.7. The average Bonchev–Trinajstić information content (AvgIpc) is 3.00. The normalized spacial score (nSPS) is 14.5. The zero-order chi connectivity index (χ0) is 32.2. The number of fused-ring (bicyclic) bond motifs is 1. The van der Waals surface area contributed by atoms with Crippen molar-refractivity contribution in [1.82, 2.24) is 9.21 Å². The second-order valence-electron chi connectivity index (χ2n) is 11.9. The van der Waals surface area contributed by atoms with Gasteiger partial charge < -0.3 is 9.64 Å². The molecule has 45 heavy (non-hydrogen) atoms. The Morgan fingerprint density at radius 2 is 1.44 bits per heavy atom. The standard InChI is InChI=1S/C35H36ClN3O5S/c1-35(2,3)44-34(41)37-32-16-13-27(14-17-32)26-8-10-28(11-9-26)33(40)38-18-20-39(21-19-38)45(42,43)22-4-5-25-6-7-30-24-31(36)15-12-29(30)23-25/h4-17,23-24H,18-22H2,1-3H3,(H,37,41). The van der Waals surface area contributed by atoms with Gasteiger partial charge in [-0.2, -0.15) is 4.31 Å². The molecule has 0 aliphatic carbocycles. The van der Waals surface area contributed by atoms with E-state index in [4.69, 9.17) is 16.3 Å². The van der Waals surface area contributed by atoms with Crippen molar-refractivity contribution in [2.24, 2.45) is 0 Å². The minimum Gasteiger partial charge on any atom is -0.444 e. The van der Waals surface area contributed by atoms with E-state index in [2.05, 4.69) is 5.32 Å². The van der Waals surface area contributed by atoms with Crippen molar-refractivity contribution < 1.29 is 22.7 Å². The number of hydrogen-bond donors (Lipinski definition) is 1. The van der Waals surface area contributed by atoms with Gasteiger partial charge in [0.2, 0.25) is 10.0 Å². The van der Waals surface area contributed by atoms with Crippen molar-refractivity contribution >= 4 is 56.2 Å². The van der Waals surface area contributed by atoms with E-state index in [1.165, 1.54) is 4.31 Å². The summed E-state index contributed by atoms with van der Waals surface area (Å²) in [6.07, 6.45) is 2.96. The molecule has 8 nitrogen and oxygen atoms in total. The molecule has 0 saturated carbocycles. The van der Waals surface area contributed by atoms with Crippen LogP contribution < -0.4 is 5.32 Å². The van der Waals surface area contributed by atoms with E-state index >= 15 is 0 Å². The van der Waals surface area contributed by atoms with Gasteiger partial charge in [-0.15, -0.1) is 0 Å². The molecule has 0 unspecified atom stereocenters. The fourth-order valence-corrected chi connectivity index (χ4v) is 6.53. The topological polar surface area (TPSA) is 96.0 Å². The predicted molar refractivity (Wildman–Crippen MR) is 181 cm³/mol. The van der Waals surface area contributed by atoms with Gasteiger partial charge in [0, 0.05) is 42.5 Å². The minimum absolute atomic E-state index is 0.112. The second-order valence-corrected chi connectivity index (χ2v) is 14.4. The number of piperazine rings is 1. The molecule has 1 N–H and O–H groups in total. The number of ether oxygens (including phenoxy) is 1. The number of anilines is 1. The van der Waals surface area contributed by atoms with Gasteiger partial charge >= 0.3 is 6.09 Å². The Labute approximate surface area is 269 Å². The van der Waals surface area contributed by atoms with E-state index in [-0.39, 0.29) is 24.7 Å². The first-order chi connectivity index (χ1) is 21.4. The van der Waals surface area contributed by atoms with Crippen LogP contribution in [0.2, 0.25) is 5.02 Å². The van der Waals surface area contributed by atoms with Crippen molar-refractivity contribution in [1.29, 1.82) is 0 Å². The third-order valence-electron chi connectivity index (χ3n) is 7.36. The van der Waals surface area contributed by atoms with Crippen LogP contribution in [0.5, 0.6) is 0 Å². The summed E-state index contributed by atoms with van der Waals surface area (Å²) in [6, 6.07) is 26.2. The van der Waals surface area contributed by atoms with Gasteiger partial charge in [-0.1, -0.05) is 66.2 Å². The van der Waals surface area contributed by atoms with Crippen LogP contribution in [0.3, 0.4) is 0 Å². The molecule has 0 atom stereocenters. The highest BCUT2D eigenvalue weighted by Gasteiger charge is 2.28. The summed E-state index contributed by atoms with van der Waals surface area (Å²) in [4.78, 5) is 26.9. The molecule has 10 heteroatoms. The second kappa shape index (κ2) is 13.4. The fourth-order valence-electron chi connectivity index (χ4n) is 5.07. The molecular weight excluding hydrogens is 610 g/mol. The number of rotatable bonds is 7. The van der Waals surface area contributed by atoms with Crippen LogP contribution >= 0.6 is 11.6 Å². The van der Waals surface area contributed by atoms with Gasteiger partial charge in [0.05, 0.1) is 5.75 Å². The fraction of sp³-hybridized carbons (Fsp3) is 0.257. The molecule has 1 aliphatic rings. The smallest absolute Gasteiger partial charge is 0.412 e. The molecule has 2 amide bonds. The van der Waals surface area contributed by atoms with Crippen molar-refractivity contribution in [3.05, 3.63) is 107 Å². The van der Waals surface area contributed by atoms with E-state index in [0.29, 0.717) is 29.4 Å². The molecule has 0 spiro atoms. The van der Waals surface area contributed by atoms with Crippen molar-refractivity contribution in [3.63, 3.8) is 0 Å². The van der Waals surface area contributed by atoms with Crippen LogP contribution in [0.1, 0.15) is 36.7 Å². The van der Waals surface area contributed by atoms with E-state index < -0.39 is 21.7 Å². The minimum atomic E-state index is -3.51. The van der Waals surface area contributed by atoms with Gasteiger partial charge in [-0.25, -0.2) is 13.2 Å². The zero-order valence-electron chi connectivity index (χ0n) is 25.5. The molecule has 0 bridgehead atoms. The number of sulfonamides is 1. The van der Waals surface area contributed by atoms with Gasteiger partial charge in [-0.05, 0) is 90.7 Å². The Balaban J connectivity index is 1.12. The van der Waals surface area contributed by atoms with E-state index in [1.54, 1.807) is 56.0 Å². The first kappa shape index (κ1) is 32.2. The summed E-state index contributed by atoms with van der Waals surface area (Å²) >= 11 is 6.06. The Bertz CT molecular complexity index is 1820. The highest BCUT2D eigenvalue weighted by Crippen LogP contribution is 2.24. The maximum atomic E-state index is 13.2. The van der Waals surface area contributed by atoms with Gasteiger partial charge in [-0.3, -0.25) is 10.1 Å². The van der Waals surface area contributed by atoms with Crippen LogP contribution in [-0.2, 0) is 14.8 Å². The molecule has 4 aromatic rings. The predicted octanol–water partition coefficient (Wildman–Crippen LogP) is 7.31. The van der Waals surface area contributed by atoms with Crippen LogP contribution in [-0.4, -0.2) is 67.2 Å². The first-order valence-corrected chi connectivity index (χ1v) is 16.7. The zero-order valence-corrected chi connectivity index (χ0v) is 27.1. The summed E-state index contributed by atoms with van der Waals surface area (Å²) in [5.41, 5.74) is 3.34. The number of carbonyl (C=O) groups is 2. The molecule has 1 fully saturated rings. The summed E-state index contributed by atoms with van der Waals surface area (Å²) in [5, 5.41) is 5.44. The molecule has 234 valence electrons.